The predicted molar refractivity (Wildman–Crippen MR) is 97.1 cm³/mol. The van der Waals surface area contributed by atoms with Crippen LogP contribution in [0.25, 0.3) is 0 Å². The number of amides is 1. The molecule has 0 radical (unpaired) electrons. The molecule has 0 aliphatic carbocycles. The summed E-state index contributed by atoms with van der Waals surface area (Å²) in [7, 11) is 0. The minimum absolute atomic E-state index is 0.209. The van der Waals surface area contributed by atoms with E-state index in [9.17, 15) is 4.79 Å². The summed E-state index contributed by atoms with van der Waals surface area (Å²) in [6.07, 6.45) is 0.765. The van der Waals surface area contributed by atoms with E-state index < -0.39 is 5.60 Å². The van der Waals surface area contributed by atoms with Crippen molar-refractivity contribution in [2.24, 2.45) is 0 Å². The molecular formula is C17H24BrClN2O2. The van der Waals surface area contributed by atoms with Crippen molar-refractivity contribution in [1.29, 1.82) is 0 Å². The normalized spacial score (nSPS) is 16.5. The van der Waals surface area contributed by atoms with Crippen LogP contribution in [0, 0.1) is 0 Å². The first-order valence-electron chi connectivity index (χ1n) is 7.89. The number of carbonyl (C=O) groups excluding carboxylic acids is 1. The Bertz CT molecular complexity index is 552. The van der Waals surface area contributed by atoms with Gasteiger partial charge < -0.3 is 9.64 Å². The van der Waals surface area contributed by atoms with Gasteiger partial charge in [-0.1, -0.05) is 17.7 Å². The Labute approximate surface area is 151 Å². The van der Waals surface area contributed by atoms with Crippen LogP contribution in [0.1, 0.15) is 26.3 Å². The Morgan fingerprint density at radius 2 is 1.91 bits per heavy atom. The third-order valence-electron chi connectivity index (χ3n) is 3.72. The summed E-state index contributed by atoms with van der Waals surface area (Å²) in [5.41, 5.74) is 0.826. The Kier molecular flexibility index (Phi) is 6.34. The average molecular weight is 404 g/mol. The fraction of sp³-hybridized carbons (Fsp3) is 0.588. The van der Waals surface area contributed by atoms with Gasteiger partial charge in [-0.2, -0.15) is 0 Å². The topological polar surface area (TPSA) is 32.8 Å². The van der Waals surface area contributed by atoms with E-state index in [1.54, 1.807) is 4.90 Å². The maximum absolute atomic E-state index is 12.0. The highest BCUT2D eigenvalue weighted by atomic mass is 79.9. The summed E-state index contributed by atoms with van der Waals surface area (Å²) in [5.74, 6) is 0. The van der Waals surface area contributed by atoms with E-state index >= 15 is 0 Å². The molecule has 1 fully saturated rings. The van der Waals surface area contributed by atoms with Crippen LogP contribution < -0.4 is 0 Å². The highest BCUT2D eigenvalue weighted by molar-refractivity contribution is 9.10. The fourth-order valence-corrected chi connectivity index (χ4v) is 3.01. The molecule has 0 N–H and O–H groups in total. The van der Waals surface area contributed by atoms with Crippen molar-refractivity contribution in [3.05, 3.63) is 33.3 Å². The zero-order valence-corrected chi connectivity index (χ0v) is 16.3. The second-order valence-corrected chi connectivity index (χ2v) is 8.07. The molecule has 1 saturated heterocycles. The average Bonchev–Trinajstić information content (AvgIpc) is 2.47. The molecule has 0 saturated carbocycles. The number of carbonyl (C=O) groups is 1. The van der Waals surface area contributed by atoms with Crippen molar-refractivity contribution >= 4 is 33.6 Å². The molecule has 1 aromatic carbocycles. The number of nitrogens with zero attached hydrogens (tertiary/aromatic N) is 2. The molecule has 1 amide bonds. The van der Waals surface area contributed by atoms with Gasteiger partial charge in [0.2, 0.25) is 0 Å². The number of halogens is 2. The van der Waals surface area contributed by atoms with Crippen molar-refractivity contribution in [1.82, 2.24) is 9.80 Å². The standard InChI is InChI=1S/C17H24BrClN2O2/c1-17(2,3)23-16(22)21-10-8-20(9-11-21)7-6-13-4-5-15(19)14(18)12-13/h4-5,12H,6-11H2,1-3H3. The predicted octanol–water partition coefficient (Wildman–Crippen LogP) is 4.20. The summed E-state index contributed by atoms with van der Waals surface area (Å²) in [4.78, 5) is 16.2. The highest BCUT2D eigenvalue weighted by Crippen LogP contribution is 2.23. The second kappa shape index (κ2) is 7.86. The monoisotopic (exact) mass is 402 g/mol. The van der Waals surface area contributed by atoms with Gasteiger partial charge in [0.25, 0.3) is 0 Å². The number of rotatable bonds is 3. The lowest BCUT2D eigenvalue weighted by molar-refractivity contribution is 0.0146. The van der Waals surface area contributed by atoms with E-state index in [2.05, 4.69) is 33.0 Å². The van der Waals surface area contributed by atoms with Crippen LogP contribution in [0.15, 0.2) is 22.7 Å². The molecule has 128 valence electrons. The Hall–Kier alpha value is -0.780. The molecule has 0 aromatic heterocycles. The molecular weight excluding hydrogens is 380 g/mol. The molecule has 0 unspecified atom stereocenters. The van der Waals surface area contributed by atoms with Gasteiger partial charge in [0.05, 0.1) is 5.02 Å². The minimum Gasteiger partial charge on any atom is -0.444 e. The number of benzene rings is 1. The van der Waals surface area contributed by atoms with Gasteiger partial charge in [-0.25, -0.2) is 4.79 Å². The molecule has 0 atom stereocenters. The van der Waals surface area contributed by atoms with E-state index in [0.717, 1.165) is 48.6 Å². The third-order valence-corrected chi connectivity index (χ3v) is 4.94. The van der Waals surface area contributed by atoms with Crippen LogP contribution >= 0.6 is 27.5 Å². The molecule has 1 heterocycles. The zero-order chi connectivity index (χ0) is 17.0. The lowest BCUT2D eigenvalue weighted by Crippen LogP contribution is -2.50. The third kappa shape index (κ3) is 5.98. The first-order chi connectivity index (χ1) is 10.7. The number of hydrogen-bond acceptors (Lipinski definition) is 3. The number of ether oxygens (including phenoxy) is 1. The first kappa shape index (κ1) is 18.6. The van der Waals surface area contributed by atoms with Gasteiger partial charge in [-0.15, -0.1) is 0 Å². The number of hydrogen-bond donors (Lipinski definition) is 0. The largest absolute Gasteiger partial charge is 0.444 e. The van der Waals surface area contributed by atoms with Crippen molar-refractivity contribution in [2.45, 2.75) is 32.8 Å². The molecule has 0 bridgehead atoms. The van der Waals surface area contributed by atoms with Crippen LogP contribution in [-0.4, -0.2) is 54.2 Å². The highest BCUT2D eigenvalue weighted by Gasteiger charge is 2.25. The molecule has 6 heteroatoms. The van der Waals surface area contributed by atoms with E-state index in [0.29, 0.717) is 0 Å². The Balaban J connectivity index is 1.76. The van der Waals surface area contributed by atoms with E-state index in [-0.39, 0.29) is 6.09 Å². The maximum Gasteiger partial charge on any atom is 0.410 e. The Morgan fingerprint density at radius 1 is 1.26 bits per heavy atom. The summed E-state index contributed by atoms with van der Waals surface area (Å²) in [6.45, 7) is 9.87. The minimum atomic E-state index is -0.434. The van der Waals surface area contributed by atoms with Crippen molar-refractivity contribution in [3.63, 3.8) is 0 Å². The molecule has 1 aliphatic heterocycles. The van der Waals surface area contributed by atoms with Crippen molar-refractivity contribution in [3.8, 4) is 0 Å². The van der Waals surface area contributed by atoms with E-state index in [4.69, 9.17) is 16.3 Å². The van der Waals surface area contributed by atoms with Gasteiger partial charge in [-0.05, 0) is 60.8 Å². The lowest BCUT2D eigenvalue weighted by atomic mass is 10.1. The SMILES string of the molecule is CC(C)(C)OC(=O)N1CCN(CCc2ccc(Cl)c(Br)c2)CC1. The quantitative estimate of drug-likeness (QED) is 0.758. The summed E-state index contributed by atoms with van der Waals surface area (Å²) >= 11 is 9.47. The molecule has 4 nitrogen and oxygen atoms in total. The van der Waals surface area contributed by atoms with Crippen LogP contribution in [0.5, 0.6) is 0 Å². The first-order valence-corrected chi connectivity index (χ1v) is 9.06. The van der Waals surface area contributed by atoms with Crippen molar-refractivity contribution < 1.29 is 9.53 Å². The van der Waals surface area contributed by atoms with Gasteiger partial charge in [0.1, 0.15) is 5.60 Å². The smallest absolute Gasteiger partial charge is 0.410 e. The molecule has 23 heavy (non-hydrogen) atoms. The van der Waals surface area contributed by atoms with Crippen molar-refractivity contribution in [2.75, 3.05) is 32.7 Å². The second-order valence-electron chi connectivity index (χ2n) is 6.81. The fourth-order valence-electron chi connectivity index (χ4n) is 2.46. The summed E-state index contributed by atoms with van der Waals surface area (Å²) in [5, 5.41) is 0.736. The summed E-state index contributed by atoms with van der Waals surface area (Å²) in [6, 6.07) is 6.05. The van der Waals surface area contributed by atoms with Gasteiger partial charge in [0.15, 0.2) is 0 Å². The van der Waals surface area contributed by atoms with Gasteiger partial charge in [0, 0.05) is 37.2 Å². The molecule has 0 spiro atoms. The van der Waals surface area contributed by atoms with E-state index in [1.165, 1.54) is 5.56 Å². The van der Waals surface area contributed by atoms with Crippen LogP contribution in [0.2, 0.25) is 5.02 Å². The van der Waals surface area contributed by atoms with Gasteiger partial charge in [-0.3, -0.25) is 4.90 Å². The van der Waals surface area contributed by atoms with Crippen LogP contribution in [0.4, 0.5) is 4.79 Å². The van der Waals surface area contributed by atoms with Gasteiger partial charge >= 0.3 is 6.09 Å². The lowest BCUT2D eigenvalue weighted by Gasteiger charge is -2.35. The number of piperazine rings is 1. The van der Waals surface area contributed by atoms with Crippen LogP contribution in [0.3, 0.4) is 0 Å². The molecule has 1 aliphatic rings. The molecule has 1 aromatic rings. The zero-order valence-electron chi connectivity index (χ0n) is 13.9. The maximum atomic E-state index is 12.0. The Morgan fingerprint density at radius 3 is 2.48 bits per heavy atom. The van der Waals surface area contributed by atoms with E-state index in [1.807, 2.05) is 26.8 Å². The molecule has 2 rings (SSSR count). The van der Waals surface area contributed by atoms with Crippen LogP contribution in [-0.2, 0) is 11.2 Å². The summed E-state index contributed by atoms with van der Waals surface area (Å²) < 4.78 is 6.35.